The van der Waals surface area contributed by atoms with E-state index in [0.717, 1.165) is 5.92 Å². The Morgan fingerprint density at radius 3 is 2.64 bits per heavy atom. The quantitative estimate of drug-likeness (QED) is 0.725. The summed E-state index contributed by atoms with van der Waals surface area (Å²) in [4.78, 5) is 2.69. The number of rotatable bonds is 2. The third-order valence-corrected chi connectivity index (χ3v) is 3.66. The third kappa shape index (κ3) is 3.25. The van der Waals surface area contributed by atoms with Crippen molar-refractivity contribution in [3.8, 4) is 0 Å². The summed E-state index contributed by atoms with van der Waals surface area (Å²) in [7, 11) is 0. The molecule has 2 rings (SSSR count). The van der Waals surface area contributed by atoms with Gasteiger partial charge in [0.15, 0.2) is 0 Å². The normalized spacial score (nSPS) is 31.3. The summed E-state index contributed by atoms with van der Waals surface area (Å²) in [5, 5.41) is 3.50. The Morgan fingerprint density at radius 2 is 1.79 bits per heavy atom. The third-order valence-electron chi connectivity index (χ3n) is 3.66. The average molecular weight is 196 g/mol. The molecule has 0 spiro atoms. The molecule has 2 heterocycles. The minimum Gasteiger partial charge on any atom is -0.317 e. The van der Waals surface area contributed by atoms with Crippen molar-refractivity contribution in [2.24, 2.45) is 5.92 Å². The number of piperidine rings is 1. The van der Waals surface area contributed by atoms with E-state index in [1.54, 1.807) is 0 Å². The molecule has 2 aliphatic rings. The SMILES string of the molecule is C1CCN(CC2CCCNCC2)CC1. The average Bonchev–Trinajstić information content (AvgIpc) is 2.48. The maximum Gasteiger partial charge on any atom is 0.00101 e. The van der Waals surface area contributed by atoms with Crippen LogP contribution in [-0.2, 0) is 0 Å². The molecule has 0 aromatic heterocycles. The number of likely N-dealkylation sites (tertiary alicyclic amines) is 1. The van der Waals surface area contributed by atoms with E-state index in [4.69, 9.17) is 0 Å². The van der Waals surface area contributed by atoms with Gasteiger partial charge in [-0.15, -0.1) is 0 Å². The minimum absolute atomic E-state index is 0.975. The molecule has 1 N–H and O–H groups in total. The lowest BCUT2D eigenvalue weighted by atomic mass is 9.99. The predicted molar refractivity (Wildman–Crippen MR) is 60.5 cm³/mol. The standard InChI is InChI=1S/C12H24N2/c1-2-9-14(10-3-1)11-12-5-4-7-13-8-6-12/h12-13H,1-11H2. The molecule has 0 aromatic rings. The van der Waals surface area contributed by atoms with Crippen molar-refractivity contribution in [1.82, 2.24) is 10.2 Å². The van der Waals surface area contributed by atoms with Crippen LogP contribution in [-0.4, -0.2) is 37.6 Å². The van der Waals surface area contributed by atoms with Gasteiger partial charge in [0, 0.05) is 6.54 Å². The van der Waals surface area contributed by atoms with Gasteiger partial charge in [-0.05, 0) is 64.2 Å². The lowest BCUT2D eigenvalue weighted by molar-refractivity contribution is 0.188. The van der Waals surface area contributed by atoms with Crippen LogP contribution in [0.3, 0.4) is 0 Å². The van der Waals surface area contributed by atoms with Gasteiger partial charge in [0.05, 0.1) is 0 Å². The molecule has 2 nitrogen and oxygen atoms in total. The molecular weight excluding hydrogens is 172 g/mol. The zero-order valence-electron chi connectivity index (χ0n) is 9.30. The molecule has 1 atom stereocenters. The minimum atomic E-state index is 0.975. The van der Waals surface area contributed by atoms with Crippen molar-refractivity contribution in [3.63, 3.8) is 0 Å². The number of hydrogen-bond acceptors (Lipinski definition) is 2. The second-order valence-corrected chi connectivity index (χ2v) is 4.91. The molecule has 2 aliphatic heterocycles. The number of nitrogens with one attached hydrogen (secondary N) is 1. The Balaban J connectivity index is 1.71. The van der Waals surface area contributed by atoms with Crippen LogP contribution in [0.1, 0.15) is 38.5 Å². The van der Waals surface area contributed by atoms with Crippen LogP contribution in [0.4, 0.5) is 0 Å². The Labute approximate surface area is 88.1 Å². The molecule has 1 unspecified atom stereocenters. The van der Waals surface area contributed by atoms with E-state index in [9.17, 15) is 0 Å². The van der Waals surface area contributed by atoms with E-state index in [1.165, 1.54) is 71.2 Å². The van der Waals surface area contributed by atoms with Crippen LogP contribution >= 0.6 is 0 Å². The van der Waals surface area contributed by atoms with Crippen LogP contribution in [0, 0.1) is 5.92 Å². The first-order valence-electron chi connectivity index (χ1n) is 6.38. The first kappa shape index (κ1) is 10.4. The van der Waals surface area contributed by atoms with Crippen molar-refractivity contribution in [3.05, 3.63) is 0 Å². The summed E-state index contributed by atoms with van der Waals surface area (Å²) in [6, 6.07) is 0. The van der Waals surface area contributed by atoms with E-state index >= 15 is 0 Å². The molecule has 0 aliphatic carbocycles. The highest BCUT2D eigenvalue weighted by molar-refractivity contribution is 4.73. The van der Waals surface area contributed by atoms with E-state index in [0.29, 0.717) is 0 Å². The van der Waals surface area contributed by atoms with Crippen molar-refractivity contribution < 1.29 is 0 Å². The molecule has 0 aromatic carbocycles. The van der Waals surface area contributed by atoms with Crippen LogP contribution in [0.2, 0.25) is 0 Å². The van der Waals surface area contributed by atoms with Crippen molar-refractivity contribution >= 4 is 0 Å². The van der Waals surface area contributed by atoms with Gasteiger partial charge in [-0.1, -0.05) is 6.42 Å². The Bertz CT molecular complexity index is 144. The maximum absolute atomic E-state index is 3.50. The molecule has 2 heteroatoms. The molecule has 2 saturated heterocycles. The zero-order chi connectivity index (χ0) is 9.64. The predicted octanol–water partition coefficient (Wildman–Crippen LogP) is 1.86. The fourth-order valence-corrected chi connectivity index (χ4v) is 2.78. The molecule has 0 bridgehead atoms. The largest absolute Gasteiger partial charge is 0.317 e. The lowest BCUT2D eigenvalue weighted by Crippen LogP contribution is -2.34. The molecule has 0 amide bonds. The first-order chi connectivity index (χ1) is 6.95. The van der Waals surface area contributed by atoms with Gasteiger partial charge in [0.25, 0.3) is 0 Å². The fraction of sp³-hybridized carbons (Fsp3) is 1.00. The number of nitrogens with zero attached hydrogens (tertiary/aromatic N) is 1. The molecular formula is C12H24N2. The summed E-state index contributed by atoms with van der Waals surface area (Å²) in [6.07, 6.45) is 8.57. The lowest BCUT2D eigenvalue weighted by Gasteiger charge is -2.29. The zero-order valence-corrected chi connectivity index (χ0v) is 9.30. The summed E-state index contributed by atoms with van der Waals surface area (Å²) in [5.41, 5.74) is 0. The second kappa shape index (κ2) is 5.72. The summed E-state index contributed by atoms with van der Waals surface area (Å²) in [6.45, 7) is 6.60. The van der Waals surface area contributed by atoms with Gasteiger partial charge >= 0.3 is 0 Å². The smallest absolute Gasteiger partial charge is 0.00101 e. The van der Waals surface area contributed by atoms with E-state index in [1.807, 2.05) is 0 Å². The van der Waals surface area contributed by atoms with Gasteiger partial charge in [-0.2, -0.15) is 0 Å². The summed E-state index contributed by atoms with van der Waals surface area (Å²) < 4.78 is 0. The van der Waals surface area contributed by atoms with E-state index in [2.05, 4.69) is 10.2 Å². The fourth-order valence-electron chi connectivity index (χ4n) is 2.78. The summed E-state index contributed by atoms with van der Waals surface area (Å²) in [5.74, 6) is 0.975. The number of hydrogen-bond donors (Lipinski definition) is 1. The first-order valence-corrected chi connectivity index (χ1v) is 6.38. The highest BCUT2D eigenvalue weighted by atomic mass is 15.1. The van der Waals surface area contributed by atoms with Gasteiger partial charge in [-0.3, -0.25) is 0 Å². The van der Waals surface area contributed by atoms with E-state index in [-0.39, 0.29) is 0 Å². The van der Waals surface area contributed by atoms with Crippen molar-refractivity contribution in [1.29, 1.82) is 0 Å². The Morgan fingerprint density at radius 1 is 0.929 bits per heavy atom. The molecule has 0 saturated carbocycles. The summed E-state index contributed by atoms with van der Waals surface area (Å²) >= 11 is 0. The Hall–Kier alpha value is -0.0800. The second-order valence-electron chi connectivity index (χ2n) is 4.91. The van der Waals surface area contributed by atoms with Crippen molar-refractivity contribution in [2.75, 3.05) is 32.7 Å². The molecule has 82 valence electrons. The Kier molecular flexibility index (Phi) is 4.26. The maximum atomic E-state index is 3.50. The topological polar surface area (TPSA) is 15.3 Å². The molecule has 14 heavy (non-hydrogen) atoms. The highest BCUT2D eigenvalue weighted by Crippen LogP contribution is 2.17. The van der Waals surface area contributed by atoms with Gasteiger partial charge in [-0.25, -0.2) is 0 Å². The highest BCUT2D eigenvalue weighted by Gasteiger charge is 2.17. The van der Waals surface area contributed by atoms with E-state index < -0.39 is 0 Å². The van der Waals surface area contributed by atoms with Gasteiger partial charge < -0.3 is 10.2 Å². The molecule has 2 fully saturated rings. The van der Waals surface area contributed by atoms with Crippen LogP contribution in [0.5, 0.6) is 0 Å². The van der Waals surface area contributed by atoms with Gasteiger partial charge in [0.1, 0.15) is 0 Å². The van der Waals surface area contributed by atoms with Crippen LogP contribution in [0.25, 0.3) is 0 Å². The molecule has 0 radical (unpaired) electrons. The monoisotopic (exact) mass is 196 g/mol. The van der Waals surface area contributed by atoms with Crippen molar-refractivity contribution in [2.45, 2.75) is 38.5 Å². The van der Waals surface area contributed by atoms with Crippen LogP contribution in [0.15, 0.2) is 0 Å². The van der Waals surface area contributed by atoms with Crippen LogP contribution < -0.4 is 5.32 Å². The van der Waals surface area contributed by atoms with Gasteiger partial charge in [0.2, 0.25) is 0 Å².